The standard InChI is InChI=1S/C15H14O3/c1-10-4-3-5-12(8-10)18-14-7-6-11(2)9-13(14)15(16)17/h3-9H,1-2H3,(H,16,17). The van der Waals surface area contributed by atoms with Crippen molar-refractivity contribution in [2.75, 3.05) is 0 Å². The maximum Gasteiger partial charge on any atom is 0.339 e. The summed E-state index contributed by atoms with van der Waals surface area (Å²) in [4.78, 5) is 11.2. The summed E-state index contributed by atoms with van der Waals surface area (Å²) in [6.07, 6.45) is 0. The van der Waals surface area contributed by atoms with Gasteiger partial charge in [0.25, 0.3) is 0 Å². The van der Waals surface area contributed by atoms with E-state index in [9.17, 15) is 4.79 Å². The molecule has 0 fully saturated rings. The lowest BCUT2D eigenvalue weighted by molar-refractivity contribution is 0.0694. The average Bonchev–Trinajstić information content (AvgIpc) is 2.31. The van der Waals surface area contributed by atoms with E-state index in [2.05, 4.69) is 0 Å². The van der Waals surface area contributed by atoms with Gasteiger partial charge in [0.05, 0.1) is 0 Å². The van der Waals surface area contributed by atoms with Gasteiger partial charge in [-0.05, 0) is 43.7 Å². The molecular formula is C15H14O3. The zero-order chi connectivity index (χ0) is 13.1. The van der Waals surface area contributed by atoms with Crippen LogP contribution in [0.15, 0.2) is 42.5 Å². The zero-order valence-corrected chi connectivity index (χ0v) is 10.3. The normalized spacial score (nSPS) is 10.1. The van der Waals surface area contributed by atoms with E-state index >= 15 is 0 Å². The molecule has 0 saturated carbocycles. The summed E-state index contributed by atoms with van der Waals surface area (Å²) < 4.78 is 5.63. The van der Waals surface area contributed by atoms with Crippen LogP contribution >= 0.6 is 0 Å². The van der Waals surface area contributed by atoms with E-state index < -0.39 is 5.97 Å². The smallest absolute Gasteiger partial charge is 0.339 e. The van der Waals surface area contributed by atoms with E-state index in [0.29, 0.717) is 11.5 Å². The third-order valence-electron chi connectivity index (χ3n) is 2.58. The first-order chi connectivity index (χ1) is 8.56. The first kappa shape index (κ1) is 12.2. The maximum atomic E-state index is 11.2. The summed E-state index contributed by atoms with van der Waals surface area (Å²) in [5.74, 6) is 0.0152. The number of carboxylic acid groups (broad SMARTS) is 1. The summed E-state index contributed by atoms with van der Waals surface area (Å²) in [6, 6.07) is 12.6. The maximum absolute atomic E-state index is 11.2. The van der Waals surface area contributed by atoms with Crippen LogP contribution in [0.3, 0.4) is 0 Å². The molecule has 0 amide bonds. The van der Waals surface area contributed by atoms with Crippen LogP contribution in [-0.2, 0) is 0 Å². The molecule has 2 aromatic rings. The van der Waals surface area contributed by atoms with E-state index in [0.717, 1.165) is 11.1 Å². The number of carbonyl (C=O) groups is 1. The Morgan fingerprint density at radius 1 is 1.06 bits per heavy atom. The van der Waals surface area contributed by atoms with Crippen LogP contribution < -0.4 is 4.74 Å². The molecule has 92 valence electrons. The Bertz CT molecular complexity index is 588. The highest BCUT2D eigenvalue weighted by Crippen LogP contribution is 2.26. The fraction of sp³-hybridized carbons (Fsp3) is 0.133. The van der Waals surface area contributed by atoms with Gasteiger partial charge in [0.1, 0.15) is 17.1 Å². The molecule has 2 rings (SSSR count). The quantitative estimate of drug-likeness (QED) is 0.890. The van der Waals surface area contributed by atoms with E-state index in [1.807, 2.05) is 38.1 Å². The Hall–Kier alpha value is -2.29. The molecule has 0 aromatic heterocycles. The lowest BCUT2D eigenvalue weighted by atomic mass is 10.1. The number of ether oxygens (including phenoxy) is 1. The van der Waals surface area contributed by atoms with Gasteiger partial charge in [-0.15, -0.1) is 0 Å². The van der Waals surface area contributed by atoms with Gasteiger partial charge in [0.15, 0.2) is 0 Å². The van der Waals surface area contributed by atoms with Gasteiger partial charge in [-0.2, -0.15) is 0 Å². The van der Waals surface area contributed by atoms with Crippen LogP contribution in [0.2, 0.25) is 0 Å². The van der Waals surface area contributed by atoms with Crippen molar-refractivity contribution in [1.82, 2.24) is 0 Å². The van der Waals surface area contributed by atoms with Crippen molar-refractivity contribution < 1.29 is 14.6 Å². The molecular weight excluding hydrogens is 228 g/mol. The number of hydrogen-bond acceptors (Lipinski definition) is 2. The van der Waals surface area contributed by atoms with Crippen molar-refractivity contribution in [3.8, 4) is 11.5 Å². The van der Waals surface area contributed by atoms with Crippen molar-refractivity contribution in [2.24, 2.45) is 0 Å². The molecule has 0 unspecified atom stereocenters. The second kappa shape index (κ2) is 4.92. The van der Waals surface area contributed by atoms with E-state index in [1.54, 1.807) is 18.2 Å². The summed E-state index contributed by atoms with van der Waals surface area (Å²) >= 11 is 0. The molecule has 2 aromatic carbocycles. The van der Waals surface area contributed by atoms with Gasteiger partial charge in [0, 0.05) is 0 Å². The SMILES string of the molecule is Cc1cccc(Oc2ccc(C)cc2C(=O)O)c1. The Labute approximate surface area is 106 Å². The minimum absolute atomic E-state index is 0.177. The molecule has 0 radical (unpaired) electrons. The lowest BCUT2D eigenvalue weighted by Gasteiger charge is -2.09. The van der Waals surface area contributed by atoms with E-state index in [4.69, 9.17) is 9.84 Å². The lowest BCUT2D eigenvalue weighted by Crippen LogP contribution is -2.00. The molecule has 1 N–H and O–H groups in total. The molecule has 0 aliphatic carbocycles. The zero-order valence-electron chi connectivity index (χ0n) is 10.3. The summed E-state index contributed by atoms with van der Waals surface area (Å²) in [5, 5.41) is 9.14. The number of benzene rings is 2. The molecule has 0 aliphatic heterocycles. The fourth-order valence-corrected chi connectivity index (χ4v) is 1.71. The second-order valence-corrected chi connectivity index (χ2v) is 4.22. The summed E-state index contributed by atoms with van der Waals surface area (Å²) in [6.45, 7) is 3.81. The minimum atomic E-state index is -0.985. The predicted octanol–water partition coefficient (Wildman–Crippen LogP) is 3.79. The van der Waals surface area contributed by atoms with Crippen molar-refractivity contribution in [3.63, 3.8) is 0 Å². The number of rotatable bonds is 3. The number of aromatic carboxylic acids is 1. The topological polar surface area (TPSA) is 46.5 Å². The molecule has 0 saturated heterocycles. The Kier molecular flexibility index (Phi) is 3.33. The molecule has 0 aliphatic rings. The van der Waals surface area contributed by atoms with Crippen LogP contribution in [0.5, 0.6) is 11.5 Å². The van der Waals surface area contributed by atoms with Gasteiger partial charge >= 0.3 is 5.97 Å². The molecule has 3 nitrogen and oxygen atoms in total. The number of aryl methyl sites for hydroxylation is 2. The average molecular weight is 242 g/mol. The molecule has 0 bridgehead atoms. The monoisotopic (exact) mass is 242 g/mol. The summed E-state index contributed by atoms with van der Waals surface area (Å²) in [7, 11) is 0. The Morgan fingerprint density at radius 2 is 1.78 bits per heavy atom. The highest BCUT2D eigenvalue weighted by molar-refractivity contribution is 5.91. The van der Waals surface area contributed by atoms with Gasteiger partial charge < -0.3 is 9.84 Å². The highest BCUT2D eigenvalue weighted by atomic mass is 16.5. The molecule has 3 heteroatoms. The van der Waals surface area contributed by atoms with Gasteiger partial charge in [-0.1, -0.05) is 23.8 Å². The van der Waals surface area contributed by atoms with Crippen LogP contribution in [0.25, 0.3) is 0 Å². The van der Waals surface area contributed by atoms with Gasteiger partial charge in [-0.25, -0.2) is 4.79 Å². The molecule has 0 atom stereocenters. The fourth-order valence-electron chi connectivity index (χ4n) is 1.71. The third-order valence-corrected chi connectivity index (χ3v) is 2.58. The predicted molar refractivity (Wildman–Crippen MR) is 69.4 cm³/mol. The van der Waals surface area contributed by atoms with Gasteiger partial charge in [-0.3, -0.25) is 0 Å². The number of hydrogen-bond donors (Lipinski definition) is 1. The first-order valence-corrected chi connectivity index (χ1v) is 5.65. The first-order valence-electron chi connectivity index (χ1n) is 5.65. The van der Waals surface area contributed by atoms with E-state index in [-0.39, 0.29) is 5.56 Å². The van der Waals surface area contributed by atoms with Crippen LogP contribution in [0, 0.1) is 13.8 Å². The Morgan fingerprint density at radius 3 is 2.44 bits per heavy atom. The van der Waals surface area contributed by atoms with Crippen molar-refractivity contribution in [1.29, 1.82) is 0 Å². The van der Waals surface area contributed by atoms with Crippen molar-refractivity contribution in [3.05, 3.63) is 59.2 Å². The van der Waals surface area contributed by atoms with Crippen LogP contribution in [0.4, 0.5) is 0 Å². The Balaban J connectivity index is 2.37. The van der Waals surface area contributed by atoms with Crippen molar-refractivity contribution >= 4 is 5.97 Å². The molecule has 0 heterocycles. The molecule has 18 heavy (non-hydrogen) atoms. The van der Waals surface area contributed by atoms with Crippen LogP contribution in [0.1, 0.15) is 21.5 Å². The summed E-state index contributed by atoms with van der Waals surface area (Å²) in [5.41, 5.74) is 2.14. The number of carboxylic acids is 1. The third kappa shape index (κ3) is 2.69. The second-order valence-electron chi connectivity index (χ2n) is 4.22. The van der Waals surface area contributed by atoms with Crippen molar-refractivity contribution in [2.45, 2.75) is 13.8 Å². The van der Waals surface area contributed by atoms with Gasteiger partial charge in [0.2, 0.25) is 0 Å². The van der Waals surface area contributed by atoms with Crippen LogP contribution in [-0.4, -0.2) is 11.1 Å². The molecule has 0 spiro atoms. The minimum Gasteiger partial charge on any atom is -0.478 e. The highest BCUT2D eigenvalue weighted by Gasteiger charge is 2.12. The largest absolute Gasteiger partial charge is 0.478 e. The van der Waals surface area contributed by atoms with E-state index in [1.165, 1.54) is 0 Å².